The number of benzene rings is 1. The predicted molar refractivity (Wildman–Crippen MR) is 80.6 cm³/mol. The van der Waals surface area contributed by atoms with E-state index in [2.05, 4.69) is 17.4 Å². The molecule has 1 aromatic heterocycles. The Bertz CT molecular complexity index is 607. The molecule has 110 valence electrons. The van der Waals surface area contributed by atoms with Gasteiger partial charge in [0.05, 0.1) is 18.8 Å². The molecular formula is C17H20N2O2. The van der Waals surface area contributed by atoms with E-state index in [0.29, 0.717) is 13.1 Å². The van der Waals surface area contributed by atoms with Crippen LogP contribution >= 0.6 is 0 Å². The third-order valence-corrected chi connectivity index (χ3v) is 4.00. The van der Waals surface area contributed by atoms with Crippen molar-refractivity contribution in [1.29, 1.82) is 0 Å². The molecule has 0 saturated carbocycles. The monoisotopic (exact) mass is 284 g/mol. The van der Waals surface area contributed by atoms with Crippen LogP contribution in [0.5, 0.6) is 0 Å². The molecule has 3 rings (SSSR count). The lowest BCUT2D eigenvalue weighted by molar-refractivity contribution is -0.134. The van der Waals surface area contributed by atoms with Crippen LogP contribution in [-0.4, -0.2) is 23.4 Å². The van der Waals surface area contributed by atoms with Gasteiger partial charge in [-0.05, 0) is 36.6 Å². The molecule has 1 atom stereocenters. The van der Waals surface area contributed by atoms with Gasteiger partial charge in [-0.3, -0.25) is 4.79 Å². The molecule has 0 spiro atoms. The predicted octanol–water partition coefficient (Wildman–Crippen LogP) is 2.34. The van der Waals surface area contributed by atoms with E-state index in [-0.39, 0.29) is 11.9 Å². The Morgan fingerprint density at radius 1 is 1.29 bits per heavy atom. The van der Waals surface area contributed by atoms with Gasteiger partial charge in [0.1, 0.15) is 5.76 Å². The van der Waals surface area contributed by atoms with Crippen molar-refractivity contribution in [1.82, 2.24) is 10.2 Å². The average Bonchev–Trinajstić information content (AvgIpc) is 3.04. The molecule has 1 amide bonds. The molecular weight excluding hydrogens is 264 g/mol. The second-order valence-corrected chi connectivity index (χ2v) is 5.34. The second kappa shape index (κ2) is 6.14. The van der Waals surface area contributed by atoms with Crippen molar-refractivity contribution in [2.45, 2.75) is 32.5 Å². The number of furan rings is 1. The Morgan fingerprint density at radius 3 is 2.81 bits per heavy atom. The standard InChI is InChI=1S/C17H20N2O2/c1-2-19(12-15-8-5-9-21-15)17(20)16-10-13-6-3-4-7-14(13)11-18-16/h3-9,16,18H,2,10-12H2,1H3/t16-/m0/s1. The molecule has 2 aromatic rings. The zero-order valence-corrected chi connectivity index (χ0v) is 12.2. The van der Waals surface area contributed by atoms with Crippen LogP contribution in [0.25, 0.3) is 0 Å². The van der Waals surface area contributed by atoms with Gasteiger partial charge in [-0.2, -0.15) is 0 Å². The first-order valence-electron chi connectivity index (χ1n) is 7.39. The van der Waals surface area contributed by atoms with E-state index in [1.165, 1.54) is 11.1 Å². The maximum atomic E-state index is 12.7. The van der Waals surface area contributed by atoms with Gasteiger partial charge in [0.15, 0.2) is 0 Å². The van der Waals surface area contributed by atoms with Crippen molar-refractivity contribution in [3.05, 3.63) is 59.5 Å². The van der Waals surface area contributed by atoms with Gasteiger partial charge in [0.2, 0.25) is 5.91 Å². The van der Waals surface area contributed by atoms with Crippen LogP contribution in [-0.2, 0) is 24.3 Å². The number of fused-ring (bicyclic) bond motifs is 1. The van der Waals surface area contributed by atoms with Crippen LogP contribution in [0.2, 0.25) is 0 Å². The topological polar surface area (TPSA) is 45.5 Å². The molecule has 1 aromatic carbocycles. The highest BCUT2D eigenvalue weighted by atomic mass is 16.3. The number of carbonyl (C=O) groups is 1. The van der Waals surface area contributed by atoms with Crippen LogP contribution in [0.15, 0.2) is 47.1 Å². The SMILES string of the molecule is CCN(Cc1ccco1)C(=O)[C@@H]1Cc2ccccc2CN1. The molecule has 2 heterocycles. The minimum absolute atomic E-state index is 0.142. The van der Waals surface area contributed by atoms with Crippen molar-refractivity contribution in [3.63, 3.8) is 0 Å². The number of carbonyl (C=O) groups excluding carboxylic acids is 1. The average molecular weight is 284 g/mol. The summed E-state index contributed by atoms with van der Waals surface area (Å²) in [7, 11) is 0. The molecule has 21 heavy (non-hydrogen) atoms. The quantitative estimate of drug-likeness (QED) is 0.937. The lowest BCUT2D eigenvalue weighted by Crippen LogP contribution is -2.49. The summed E-state index contributed by atoms with van der Waals surface area (Å²) in [4.78, 5) is 14.5. The summed E-state index contributed by atoms with van der Waals surface area (Å²) in [5.74, 6) is 0.963. The van der Waals surface area contributed by atoms with Gasteiger partial charge in [-0.15, -0.1) is 0 Å². The molecule has 4 heteroatoms. The fraction of sp³-hybridized carbons (Fsp3) is 0.353. The van der Waals surface area contributed by atoms with Gasteiger partial charge in [0, 0.05) is 13.1 Å². The highest BCUT2D eigenvalue weighted by Crippen LogP contribution is 2.18. The highest BCUT2D eigenvalue weighted by Gasteiger charge is 2.27. The van der Waals surface area contributed by atoms with Crippen molar-refractivity contribution < 1.29 is 9.21 Å². The van der Waals surface area contributed by atoms with E-state index < -0.39 is 0 Å². The Hall–Kier alpha value is -2.07. The van der Waals surface area contributed by atoms with Crippen LogP contribution in [0.1, 0.15) is 23.8 Å². The van der Waals surface area contributed by atoms with Crippen LogP contribution in [0.4, 0.5) is 0 Å². The van der Waals surface area contributed by atoms with E-state index in [9.17, 15) is 4.79 Å². The molecule has 0 unspecified atom stereocenters. The maximum absolute atomic E-state index is 12.7. The molecule has 0 radical (unpaired) electrons. The maximum Gasteiger partial charge on any atom is 0.240 e. The summed E-state index contributed by atoms with van der Waals surface area (Å²) < 4.78 is 5.35. The first kappa shape index (κ1) is 13.9. The van der Waals surface area contributed by atoms with Crippen molar-refractivity contribution >= 4 is 5.91 Å². The first-order chi connectivity index (χ1) is 10.3. The third kappa shape index (κ3) is 3.00. The Morgan fingerprint density at radius 2 is 2.10 bits per heavy atom. The third-order valence-electron chi connectivity index (χ3n) is 4.00. The molecule has 1 aliphatic rings. The van der Waals surface area contributed by atoms with E-state index in [4.69, 9.17) is 4.42 Å². The zero-order valence-electron chi connectivity index (χ0n) is 12.2. The lowest BCUT2D eigenvalue weighted by atomic mass is 9.95. The minimum atomic E-state index is -0.144. The lowest BCUT2D eigenvalue weighted by Gasteiger charge is -2.30. The van der Waals surface area contributed by atoms with Gasteiger partial charge < -0.3 is 14.6 Å². The van der Waals surface area contributed by atoms with Gasteiger partial charge in [0.25, 0.3) is 0 Å². The fourth-order valence-corrected chi connectivity index (χ4v) is 2.79. The van der Waals surface area contributed by atoms with Crippen LogP contribution < -0.4 is 5.32 Å². The molecule has 0 fully saturated rings. The van der Waals surface area contributed by atoms with E-state index in [1.807, 2.05) is 36.1 Å². The Balaban J connectivity index is 1.70. The zero-order chi connectivity index (χ0) is 14.7. The highest BCUT2D eigenvalue weighted by molar-refractivity contribution is 5.82. The molecule has 0 aliphatic carbocycles. The van der Waals surface area contributed by atoms with Crippen molar-refractivity contribution in [2.75, 3.05) is 6.54 Å². The smallest absolute Gasteiger partial charge is 0.240 e. The largest absolute Gasteiger partial charge is 0.467 e. The summed E-state index contributed by atoms with van der Waals surface area (Å²) >= 11 is 0. The molecule has 0 bridgehead atoms. The normalized spacial score (nSPS) is 17.3. The number of nitrogens with zero attached hydrogens (tertiary/aromatic N) is 1. The Labute approximate surface area is 124 Å². The summed E-state index contributed by atoms with van der Waals surface area (Å²) in [6, 6.07) is 11.9. The number of hydrogen-bond donors (Lipinski definition) is 1. The molecule has 1 N–H and O–H groups in total. The molecule has 0 saturated heterocycles. The Kier molecular flexibility index (Phi) is 4.06. The summed E-state index contributed by atoms with van der Waals surface area (Å²) in [6.45, 7) is 3.96. The van der Waals surface area contributed by atoms with Gasteiger partial charge in [-0.25, -0.2) is 0 Å². The molecule has 1 aliphatic heterocycles. The number of nitrogens with one attached hydrogen (secondary N) is 1. The number of rotatable bonds is 4. The van der Waals surface area contributed by atoms with Gasteiger partial charge in [-0.1, -0.05) is 24.3 Å². The van der Waals surface area contributed by atoms with E-state index in [1.54, 1.807) is 6.26 Å². The fourth-order valence-electron chi connectivity index (χ4n) is 2.79. The summed E-state index contributed by atoms with van der Waals surface area (Å²) in [5, 5.41) is 3.35. The summed E-state index contributed by atoms with van der Waals surface area (Å²) in [6.07, 6.45) is 2.40. The second-order valence-electron chi connectivity index (χ2n) is 5.34. The van der Waals surface area contributed by atoms with E-state index in [0.717, 1.165) is 18.7 Å². The van der Waals surface area contributed by atoms with Crippen LogP contribution in [0.3, 0.4) is 0 Å². The van der Waals surface area contributed by atoms with E-state index >= 15 is 0 Å². The number of hydrogen-bond acceptors (Lipinski definition) is 3. The molecule has 4 nitrogen and oxygen atoms in total. The van der Waals surface area contributed by atoms with Crippen LogP contribution in [0, 0.1) is 0 Å². The summed E-state index contributed by atoms with van der Waals surface area (Å²) in [5.41, 5.74) is 2.55. The number of amides is 1. The van der Waals surface area contributed by atoms with Gasteiger partial charge >= 0.3 is 0 Å². The number of likely N-dealkylation sites (N-methyl/N-ethyl adjacent to an activating group) is 1. The van der Waals surface area contributed by atoms with Crippen molar-refractivity contribution in [3.8, 4) is 0 Å². The van der Waals surface area contributed by atoms with Crippen molar-refractivity contribution in [2.24, 2.45) is 0 Å². The minimum Gasteiger partial charge on any atom is -0.467 e. The first-order valence-corrected chi connectivity index (χ1v) is 7.39.